The van der Waals surface area contributed by atoms with Crippen molar-refractivity contribution in [3.05, 3.63) is 0 Å². The summed E-state index contributed by atoms with van der Waals surface area (Å²) in [5.41, 5.74) is 4.49. The molecule has 4 aliphatic rings. The van der Waals surface area contributed by atoms with Crippen LogP contribution in [-0.4, -0.2) is 69.8 Å². The van der Waals surface area contributed by atoms with Crippen molar-refractivity contribution in [2.45, 2.75) is 116 Å². The molecule has 0 saturated heterocycles. The van der Waals surface area contributed by atoms with E-state index in [2.05, 4.69) is 26.1 Å². The molecule has 0 aliphatic heterocycles. The van der Waals surface area contributed by atoms with Crippen LogP contribution in [0, 0.1) is 46.3 Å². The normalized spacial score (nSPS) is 42.8. The molecule has 0 aromatic heterocycles. The number of amides is 1. The summed E-state index contributed by atoms with van der Waals surface area (Å²) in [5.74, 6) is -0.327. The van der Waals surface area contributed by atoms with E-state index in [1.165, 1.54) is 0 Å². The smallest absolute Gasteiger partial charge is 0.326 e. The number of hydrogen-bond acceptors (Lipinski definition) is 7. The van der Waals surface area contributed by atoms with Crippen molar-refractivity contribution in [3.8, 4) is 0 Å². The molecular formula is C29H48BN2O7. The minimum absolute atomic E-state index is 0.0126. The first kappa shape index (κ1) is 30.5. The molecule has 4 fully saturated rings. The molecule has 12 atom stereocenters. The third kappa shape index (κ3) is 5.68. The molecule has 4 aliphatic carbocycles. The van der Waals surface area contributed by atoms with Crippen LogP contribution in [0.25, 0.3) is 0 Å². The zero-order valence-electron chi connectivity index (χ0n) is 23.7. The first-order chi connectivity index (χ1) is 18.3. The van der Waals surface area contributed by atoms with Crippen LogP contribution in [0.2, 0.25) is 0 Å². The summed E-state index contributed by atoms with van der Waals surface area (Å²) < 4.78 is 0. The van der Waals surface area contributed by atoms with Crippen LogP contribution < -0.4 is 11.0 Å². The van der Waals surface area contributed by atoms with Gasteiger partial charge in [0.1, 0.15) is 11.7 Å². The second kappa shape index (κ2) is 11.8. The van der Waals surface area contributed by atoms with Crippen molar-refractivity contribution in [2.24, 2.45) is 52.0 Å². The second-order valence-electron chi connectivity index (χ2n) is 13.7. The fourth-order valence-corrected chi connectivity index (χ4v) is 9.59. The number of hydrogen-bond donors (Lipinski definition) is 6. The van der Waals surface area contributed by atoms with Gasteiger partial charge in [-0.3, -0.25) is 4.79 Å². The Balaban J connectivity index is 1.40. The van der Waals surface area contributed by atoms with Crippen LogP contribution in [0.4, 0.5) is 0 Å². The minimum atomic E-state index is -1.18. The maximum atomic E-state index is 12.6. The van der Waals surface area contributed by atoms with Crippen molar-refractivity contribution < 1.29 is 34.8 Å². The van der Waals surface area contributed by atoms with Gasteiger partial charge in [0.2, 0.25) is 5.91 Å². The topological polar surface area (TPSA) is 170 Å². The van der Waals surface area contributed by atoms with Gasteiger partial charge in [0.05, 0.1) is 18.3 Å². The summed E-state index contributed by atoms with van der Waals surface area (Å²) in [4.78, 5) is 35.6. The van der Waals surface area contributed by atoms with E-state index in [1.807, 2.05) is 0 Å². The third-order valence-electron chi connectivity index (χ3n) is 11.8. The maximum absolute atomic E-state index is 12.6. The summed E-state index contributed by atoms with van der Waals surface area (Å²) >= 11 is 0. The lowest BCUT2D eigenvalue weighted by molar-refractivity contribution is -0.207. The van der Waals surface area contributed by atoms with E-state index in [0.717, 1.165) is 45.9 Å². The second-order valence-corrected chi connectivity index (χ2v) is 13.7. The molecule has 0 bridgehead atoms. The lowest BCUT2D eigenvalue weighted by atomic mass is 9.43. The van der Waals surface area contributed by atoms with Crippen LogP contribution in [0.15, 0.2) is 0 Å². The molecule has 7 N–H and O–H groups in total. The number of aliphatic carboxylic acids is 1. The Morgan fingerprint density at radius 3 is 2.38 bits per heavy atom. The van der Waals surface area contributed by atoms with E-state index >= 15 is 0 Å². The first-order valence-corrected chi connectivity index (χ1v) is 15.0. The van der Waals surface area contributed by atoms with Crippen LogP contribution in [0.1, 0.15) is 91.4 Å². The number of nitrogens with two attached hydrogens (primary N) is 1. The average Bonchev–Trinajstić information content (AvgIpc) is 3.24. The van der Waals surface area contributed by atoms with E-state index in [0.29, 0.717) is 12.8 Å². The number of fused-ring (bicyclic) bond motifs is 5. The Labute approximate surface area is 232 Å². The van der Waals surface area contributed by atoms with Gasteiger partial charge in [-0.15, -0.1) is 0 Å². The summed E-state index contributed by atoms with van der Waals surface area (Å²) in [7, 11) is 0.907. The van der Waals surface area contributed by atoms with Crippen molar-refractivity contribution in [2.75, 3.05) is 0 Å². The van der Waals surface area contributed by atoms with E-state index < -0.39 is 24.2 Å². The third-order valence-corrected chi connectivity index (χ3v) is 11.8. The number of rotatable bonds is 10. The maximum Gasteiger partial charge on any atom is 0.326 e. The fraction of sp³-hybridized carbons (Fsp3) is 0.897. The highest BCUT2D eigenvalue weighted by Crippen LogP contribution is 2.68. The van der Waals surface area contributed by atoms with Gasteiger partial charge in [-0.25, -0.2) is 4.79 Å². The summed E-state index contributed by atoms with van der Waals surface area (Å²) in [5, 5.41) is 45.4. The Bertz CT molecular complexity index is 935. The molecule has 219 valence electrons. The lowest BCUT2D eigenvalue weighted by Crippen LogP contribution is -2.62. The Morgan fingerprint density at radius 2 is 1.72 bits per heavy atom. The highest BCUT2D eigenvalue weighted by atomic mass is 16.4. The fourth-order valence-electron chi connectivity index (χ4n) is 9.59. The molecule has 0 aromatic carbocycles. The van der Waals surface area contributed by atoms with Gasteiger partial charge in [0, 0.05) is 12.8 Å². The van der Waals surface area contributed by atoms with Gasteiger partial charge in [-0.05, 0) is 104 Å². The Kier molecular flexibility index (Phi) is 9.21. The van der Waals surface area contributed by atoms with E-state index in [-0.39, 0.29) is 83.3 Å². The number of aliphatic hydroxyl groups excluding tert-OH is 3. The van der Waals surface area contributed by atoms with E-state index in [1.54, 1.807) is 0 Å². The van der Waals surface area contributed by atoms with E-state index in [9.17, 15) is 34.8 Å². The molecule has 12 unspecified atom stereocenters. The number of carboxylic acids is 1. The van der Waals surface area contributed by atoms with Crippen molar-refractivity contribution >= 4 is 25.0 Å². The molecule has 39 heavy (non-hydrogen) atoms. The lowest BCUT2D eigenvalue weighted by Gasteiger charge is -2.63. The molecule has 0 heterocycles. The monoisotopic (exact) mass is 547 g/mol. The summed E-state index contributed by atoms with van der Waals surface area (Å²) in [6.07, 6.45) is 5.21. The quantitative estimate of drug-likeness (QED) is 0.225. The molecule has 1 amide bonds. The highest BCUT2D eigenvalue weighted by Gasteiger charge is 2.65. The predicted molar refractivity (Wildman–Crippen MR) is 146 cm³/mol. The Morgan fingerprint density at radius 1 is 1.00 bits per heavy atom. The number of carbonyl (C=O) groups is 3. The Hall–Kier alpha value is -1.49. The van der Waals surface area contributed by atoms with Crippen LogP contribution in [0.3, 0.4) is 0 Å². The predicted octanol–water partition coefficient (Wildman–Crippen LogP) is 1.82. The zero-order valence-corrected chi connectivity index (χ0v) is 23.7. The van der Waals surface area contributed by atoms with Gasteiger partial charge in [0.15, 0.2) is 0 Å². The molecule has 10 heteroatoms. The number of carbonyl (C=O) groups excluding carboxylic acids is 2. The highest BCUT2D eigenvalue weighted by molar-refractivity contribution is 6.71. The van der Waals surface area contributed by atoms with Crippen LogP contribution in [0.5, 0.6) is 0 Å². The molecule has 4 saturated carbocycles. The molecule has 9 nitrogen and oxygen atoms in total. The van der Waals surface area contributed by atoms with Crippen LogP contribution >= 0.6 is 0 Å². The number of carboxylic acid groups (broad SMARTS) is 1. The zero-order chi connectivity index (χ0) is 28.7. The summed E-state index contributed by atoms with van der Waals surface area (Å²) in [6.45, 7) is 6.63. The number of aliphatic hydroxyl groups is 3. The first-order valence-electron chi connectivity index (χ1n) is 15.0. The van der Waals surface area contributed by atoms with Gasteiger partial charge in [-0.2, -0.15) is 0 Å². The molecular weight excluding hydrogens is 499 g/mol. The van der Waals surface area contributed by atoms with Gasteiger partial charge < -0.3 is 36.2 Å². The average molecular weight is 548 g/mol. The van der Waals surface area contributed by atoms with Gasteiger partial charge >= 0.3 is 5.97 Å². The molecule has 0 spiro atoms. The van der Waals surface area contributed by atoms with Gasteiger partial charge in [0.25, 0.3) is 7.41 Å². The minimum Gasteiger partial charge on any atom is -0.480 e. The number of nitrogens with one attached hydrogen (secondary N) is 1. The van der Waals surface area contributed by atoms with E-state index in [4.69, 9.17) is 5.64 Å². The standard InChI is InChI=1S/C29H48BN2O7/c1-15(4-9-25(37)32-21(27(38)39)7-8-24(36)30-31)18-5-6-19-26-20(14-23(35)29(18,19)3)28(2)11-10-17(33)12-16(28)13-22(26)34/h15-23,26,33-35H,4-14,31H2,1-3H3,(H,32,37)(H,38,39). The van der Waals surface area contributed by atoms with Crippen molar-refractivity contribution in [1.82, 2.24) is 5.32 Å². The molecule has 1 radical (unpaired) electrons. The van der Waals surface area contributed by atoms with Crippen molar-refractivity contribution in [1.29, 1.82) is 0 Å². The van der Waals surface area contributed by atoms with Crippen molar-refractivity contribution in [3.63, 3.8) is 0 Å². The SMILES string of the molecule is CC(CCC(=O)NC(CCC(=O)[B]N)C(=O)O)C1CCC2C3C(O)CC4CC(O)CCC4(C)C3CC(O)C12C. The largest absolute Gasteiger partial charge is 0.480 e. The molecule has 0 aromatic rings. The van der Waals surface area contributed by atoms with Gasteiger partial charge in [-0.1, -0.05) is 20.8 Å². The molecule has 4 rings (SSSR count). The summed E-state index contributed by atoms with van der Waals surface area (Å²) in [6, 6.07) is -1.14. The van der Waals surface area contributed by atoms with Crippen LogP contribution in [-0.2, 0) is 14.4 Å².